The molecule has 0 saturated heterocycles. The highest BCUT2D eigenvalue weighted by molar-refractivity contribution is 5.98. The zero-order chi connectivity index (χ0) is 15.1. The number of nitrogens with zero attached hydrogens (tertiary/aromatic N) is 1. The minimum Gasteiger partial charge on any atom is -0.504 e. The molecular formula is C19H16NO2+. The maximum absolute atomic E-state index is 10.4. The Labute approximate surface area is 128 Å². The van der Waals surface area contributed by atoms with Crippen LogP contribution in [-0.4, -0.2) is 11.7 Å². The maximum atomic E-state index is 10.4. The lowest BCUT2D eigenvalue weighted by atomic mass is 10.1. The van der Waals surface area contributed by atoms with Gasteiger partial charge in [0.25, 0.3) is 0 Å². The number of benzene rings is 2. The third kappa shape index (κ3) is 1.86. The lowest BCUT2D eigenvalue weighted by molar-refractivity contribution is -0.509. The molecule has 4 rings (SSSR count). The van der Waals surface area contributed by atoms with E-state index in [1.807, 2.05) is 48.0 Å². The van der Waals surface area contributed by atoms with Gasteiger partial charge in [-0.15, -0.1) is 0 Å². The highest BCUT2D eigenvalue weighted by Crippen LogP contribution is 2.34. The van der Waals surface area contributed by atoms with Crippen LogP contribution in [0.15, 0.2) is 60.9 Å². The summed E-state index contributed by atoms with van der Waals surface area (Å²) in [5.41, 5.74) is 1.12. The summed E-state index contributed by atoms with van der Waals surface area (Å²) < 4.78 is 7.51. The summed E-state index contributed by atoms with van der Waals surface area (Å²) in [4.78, 5) is 0. The van der Waals surface area contributed by atoms with Crippen LogP contribution >= 0.6 is 0 Å². The number of fused-ring (bicyclic) bond motifs is 4. The van der Waals surface area contributed by atoms with Gasteiger partial charge in [-0.25, -0.2) is 0 Å². The average molecular weight is 290 g/mol. The third-order valence-corrected chi connectivity index (χ3v) is 4.00. The van der Waals surface area contributed by atoms with Crippen molar-refractivity contribution in [2.45, 2.75) is 6.92 Å². The predicted molar refractivity (Wildman–Crippen MR) is 87.4 cm³/mol. The van der Waals surface area contributed by atoms with Gasteiger partial charge in [0, 0.05) is 12.1 Å². The Kier molecular flexibility index (Phi) is 2.86. The summed E-state index contributed by atoms with van der Waals surface area (Å²) in [5, 5.41) is 14.6. The van der Waals surface area contributed by atoms with Crippen LogP contribution in [-0.2, 0) is 0 Å². The van der Waals surface area contributed by atoms with Crippen molar-refractivity contribution in [2.75, 3.05) is 6.61 Å². The van der Waals surface area contributed by atoms with Crippen LogP contribution in [0.25, 0.3) is 27.1 Å². The van der Waals surface area contributed by atoms with Gasteiger partial charge < -0.3 is 9.84 Å². The van der Waals surface area contributed by atoms with Crippen molar-refractivity contribution in [3.05, 3.63) is 60.9 Å². The first-order chi connectivity index (χ1) is 10.8. The van der Waals surface area contributed by atoms with E-state index in [0.717, 1.165) is 16.3 Å². The summed E-state index contributed by atoms with van der Waals surface area (Å²) in [5.74, 6) is 0.720. The monoisotopic (exact) mass is 290 g/mol. The average Bonchev–Trinajstić information content (AvgIpc) is 2.56. The molecule has 0 bridgehead atoms. The molecule has 0 aliphatic heterocycles. The highest BCUT2D eigenvalue weighted by Gasteiger charge is 2.14. The van der Waals surface area contributed by atoms with Crippen LogP contribution in [0.1, 0.15) is 6.92 Å². The standard InChI is InChI=1S/C19H15NO2/c1-2-22-18-8-7-14-11-17-15-6-4-3-5-13(15)9-10-20(17)12-16(14)19(18)21/h3-12H,2H2,1H3/p+1. The van der Waals surface area contributed by atoms with E-state index in [9.17, 15) is 5.11 Å². The first-order valence-corrected chi connectivity index (χ1v) is 7.39. The van der Waals surface area contributed by atoms with E-state index < -0.39 is 0 Å². The topological polar surface area (TPSA) is 33.6 Å². The van der Waals surface area contributed by atoms with E-state index in [2.05, 4.69) is 24.3 Å². The Bertz CT molecular complexity index is 1010. The van der Waals surface area contributed by atoms with Crippen molar-refractivity contribution in [3.63, 3.8) is 0 Å². The summed E-state index contributed by atoms with van der Waals surface area (Å²) in [6, 6.07) is 16.3. The van der Waals surface area contributed by atoms with Gasteiger partial charge in [0.05, 0.1) is 17.4 Å². The Morgan fingerprint density at radius 3 is 2.73 bits per heavy atom. The van der Waals surface area contributed by atoms with Crippen LogP contribution < -0.4 is 9.14 Å². The molecule has 4 aromatic rings. The van der Waals surface area contributed by atoms with Gasteiger partial charge in [-0.05, 0) is 35.9 Å². The van der Waals surface area contributed by atoms with Crippen LogP contribution in [0.3, 0.4) is 0 Å². The van der Waals surface area contributed by atoms with Gasteiger partial charge in [-0.2, -0.15) is 4.40 Å². The number of phenolic OH excluding ortho intramolecular Hbond substituents is 1. The smallest absolute Gasteiger partial charge is 0.219 e. The molecule has 2 heterocycles. The highest BCUT2D eigenvalue weighted by atomic mass is 16.5. The Hall–Kier alpha value is -2.81. The number of aromatic hydroxyl groups is 1. The van der Waals surface area contributed by atoms with Crippen molar-refractivity contribution in [1.29, 1.82) is 0 Å². The molecule has 0 fully saturated rings. The molecule has 2 aromatic heterocycles. The number of pyridine rings is 2. The fraction of sp³-hybridized carbons (Fsp3) is 0.105. The van der Waals surface area contributed by atoms with Crippen molar-refractivity contribution in [3.8, 4) is 11.5 Å². The lowest BCUT2D eigenvalue weighted by Crippen LogP contribution is -2.20. The van der Waals surface area contributed by atoms with Crippen molar-refractivity contribution in [1.82, 2.24) is 0 Å². The van der Waals surface area contributed by atoms with Gasteiger partial charge in [-0.1, -0.05) is 18.2 Å². The second-order valence-corrected chi connectivity index (χ2v) is 5.32. The molecule has 0 aliphatic carbocycles. The normalized spacial score (nSPS) is 11.3. The summed E-state index contributed by atoms with van der Waals surface area (Å²) in [7, 11) is 0. The molecule has 0 amide bonds. The molecular weight excluding hydrogens is 274 g/mol. The van der Waals surface area contributed by atoms with Gasteiger partial charge in [0.1, 0.15) is 0 Å². The van der Waals surface area contributed by atoms with Gasteiger partial charge >= 0.3 is 0 Å². The molecule has 22 heavy (non-hydrogen) atoms. The van der Waals surface area contributed by atoms with Crippen LogP contribution in [0.5, 0.6) is 11.5 Å². The summed E-state index contributed by atoms with van der Waals surface area (Å²) in [6.07, 6.45) is 3.97. The number of aromatic nitrogens is 1. The zero-order valence-corrected chi connectivity index (χ0v) is 12.3. The van der Waals surface area contributed by atoms with E-state index >= 15 is 0 Å². The molecule has 0 saturated carbocycles. The van der Waals surface area contributed by atoms with Crippen molar-refractivity contribution >= 4 is 27.1 Å². The number of phenols is 1. The predicted octanol–water partition coefficient (Wildman–Crippen LogP) is 3.84. The zero-order valence-electron chi connectivity index (χ0n) is 12.3. The minimum atomic E-state index is 0.196. The molecule has 0 unspecified atom stereocenters. The van der Waals surface area contributed by atoms with Crippen molar-refractivity contribution < 1.29 is 14.2 Å². The Balaban J connectivity index is 2.09. The van der Waals surface area contributed by atoms with E-state index in [-0.39, 0.29) is 5.75 Å². The molecule has 108 valence electrons. The molecule has 0 spiro atoms. The van der Waals surface area contributed by atoms with Crippen LogP contribution in [0.4, 0.5) is 0 Å². The number of rotatable bonds is 2. The summed E-state index contributed by atoms with van der Waals surface area (Å²) >= 11 is 0. The molecule has 1 N–H and O–H groups in total. The largest absolute Gasteiger partial charge is 0.504 e. The second-order valence-electron chi connectivity index (χ2n) is 5.32. The fourth-order valence-corrected chi connectivity index (χ4v) is 2.94. The molecule has 0 radical (unpaired) electrons. The molecule has 0 atom stereocenters. The third-order valence-electron chi connectivity index (χ3n) is 4.00. The quantitative estimate of drug-likeness (QED) is 0.346. The number of hydrogen-bond acceptors (Lipinski definition) is 2. The first-order valence-electron chi connectivity index (χ1n) is 7.39. The van der Waals surface area contributed by atoms with Crippen molar-refractivity contribution in [2.24, 2.45) is 0 Å². The lowest BCUT2D eigenvalue weighted by Gasteiger charge is -2.08. The molecule has 2 aromatic carbocycles. The molecule has 3 heteroatoms. The molecule has 0 aliphatic rings. The first kappa shape index (κ1) is 12.9. The minimum absolute atomic E-state index is 0.196. The van der Waals surface area contributed by atoms with E-state index in [4.69, 9.17) is 4.74 Å². The number of hydrogen-bond donors (Lipinski definition) is 1. The van der Waals surface area contributed by atoms with E-state index in [1.165, 1.54) is 10.8 Å². The Morgan fingerprint density at radius 2 is 1.86 bits per heavy atom. The van der Waals surface area contributed by atoms with E-state index in [1.54, 1.807) is 0 Å². The fourth-order valence-electron chi connectivity index (χ4n) is 2.94. The van der Waals surface area contributed by atoms with Gasteiger partial charge in [0.15, 0.2) is 23.9 Å². The van der Waals surface area contributed by atoms with Gasteiger partial charge in [-0.3, -0.25) is 0 Å². The van der Waals surface area contributed by atoms with Crippen LogP contribution in [0, 0.1) is 0 Å². The molecule has 3 nitrogen and oxygen atoms in total. The second kappa shape index (κ2) is 4.88. The van der Waals surface area contributed by atoms with E-state index in [0.29, 0.717) is 12.4 Å². The summed E-state index contributed by atoms with van der Waals surface area (Å²) in [6.45, 7) is 2.44. The maximum Gasteiger partial charge on any atom is 0.219 e. The van der Waals surface area contributed by atoms with Crippen LogP contribution in [0.2, 0.25) is 0 Å². The SMILES string of the molecule is CCOc1ccc2cc3c4ccccc4cc[n+]3cc2c1O. The number of ether oxygens (including phenoxy) is 1. The Morgan fingerprint density at radius 1 is 1.00 bits per heavy atom. The van der Waals surface area contributed by atoms with Gasteiger partial charge in [0.2, 0.25) is 5.52 Å².